The average molecular weight is 626 g/mol. The van der Waals surface area contributed by atoms with Gasteiger partial charge in [-0.1, -0.05) is 35.9 Å². The number of aliphatic carboxylic acids is 1. The van der Waals surface area contributed by atoms with Crippen LogP contribution in [0, 0.1) is 11.7 Å². The first-order chi connectivity index (χ1) is 21.2. The molecular formula is C33H37ClFN3O6. The average Bonchev–Trinajstić information content (AvgIpc) is 3.63. The number of ether oxygens (including phenoxy) is 2. The minimum Gasteiger partial charge on any atom is -0.481 e. The SMILES string of the molecule is C=CCOC(O[C@H]1CC[C@H](C(=O)O)CC1)[C@@H]1CCCN1C(=O)Cc1cc(Cl)c(NC(=O)c2cn(C)c3ccccc23)cc1F. The molecule has 1 saturated carbocycles. The van der Waals surface area contributed by atoms with Crippen LogP contribution in [-0.2, 0) is 32.5 Å². The first-order valence-corrected chi connectivity index (χ1v) is 15.3. The van der Waals surface area contributed by atoms with Crippen LogP contribution < -0.4 is 5.32 Å². The molecule has 1 aliphatic carbocycles. The number of benzene rings is 2. The molecule has 234 valence electrons. The number of carbonyl (C=O) groups is 3. The number of aromatic nitrogens is 1. The fraction of sp³-hybridized carbons (Fsp3) is 0.424. The zero-order valence-corrected chi connectivity index (χ0v) is 25.4. The summed E-state index contributed by atoms with van der Waals surface area (Å²) in [6.07, 6.45) is 5.84. The van der Waals surface area contributed by atoms with Crippen LogP contribution in [0.1, 0.15) is 54.4 Å². The van der Waals surface area contributed by atoms with Crippen molar-refractivity contribution in [1.82, 2.24) is 9.47 Å². The summed E-state index contributed by atoms with van der Waals surface area (Å²) in [5.41, 5.74) is 1.55. The highest BCUT2D eigenvalue weighted by molar-refractivity contribution is 6.34. The second kappa shape index (κ2) is 13.9. The Morgan fingerprint density at radius 3 is 2.66 bits per heavy atom. The topological polar surface area (TPSA) is 110 Å². The van der Waals surface area contributed by atoms with Gasteiger partial charge in [0.25, 0.3) is 5.91 Å². The number of carboxylic acids is 1. The number of carboxylic acid groups (broad SMARTS) is 1. The number of halogens is 2. The Morgan fingerprint density at radius 1 is 1.18 bits per heavy atom. The first kappa shape index (κ1) is 31.7. The monoisotopic (exact) mass is 625 g/mol. The molecule has 11 heteroatoms. The van der Waals surface area contributed by atoms with Crippen molar-refractivity contribution in [3.8, 4) is 0 Å². The highest BCUT2D eigenvalue weighted by atomic mass is 35.5. The molecule has 2 atom stereocenters. The lowest BCUT2D eigenvalue weighted by Gasteiger charge is -2.35. The number of rotatable bonds is 11. The number of amides is 2. The van der Waals surface area contributed by atoms with Gasteiger partial charge in [0.1, 0.15) is 5.82 Å². The maximum Gasteiger partial charge on any atom is 0.306 e. The molecule has 1 aliphatic heterocycles. The summed E-state index contributed by atoms with van der Waals surface area (Å²) in [6.45, 7) is 4.41. The predicted molar refractivity (Wildman–Crippen MR) is 165 cm³/mol. The van der Waals surface area contributed by atoms with Crippen molar-refractivity contribution >= 4 is 46.0 Å². The fourth-order valence-electron chi connectivity index (χ4n) is 6.22. The highest BCUT2D eigenvalue weighted by Gasteiger charge is 2.38. The van der Waals surface area contributed by atoms with Crippen LogP contribution in [-0.4, -0.2) is 63.9 Å². The number of likely N-dealkylation sites (tertiary alicyclic amines) is 1. The van der Waals surface area contributed by atoms with Gasteiger partial charge < -0.3 is 29.4 Å². The summed E-state index contributed by atoms with van der Waals surface area (Å²) >= 11 is 6.48. The summed E-state index contributed by atoms with van der Waals surface area (Å²) in [6, 6.07) is 9.61. The Balaban J connectivity index is 1.26. The van der Waals surface area contributed by atoms with E-state index in [-0.39, 0.29) is 53.3 Å². The number of aryl methyl sites for hydroxylation is 1. The Hall–Kier alpha value is -3.73. The van der Waals surface area contributed by atoms with E-state index in [0.29, 0.717) is 44.2 Å². The highest BCUT2D eigenvalue weighted by Crippen LogP contribution is 2.32. The minimum atomic E-state index is -0.789. The third-order valence-electron chi connectivity index (χ3n) is 8.53. The summed E-state index contributed by atoms with van der Waals surface area (Å²) in [5.74, 6) is -2.53. The van der Waals surface area contributed by atoms with E-state index in [4.69, 9.17) is 21.1 Å². The lowest BCUT2D eigenvalue weighted by atomic mass is 9.87. The molecule has 2 aliphatic rings. The van der Waals surface area contributed by atoms with Gasteiger partial charge in [0.15, 0.2) is 6.29 Å². The van der Waals surface area contributed by atoms with Crippen LogP contribution in [0.5, 0.6) is 0 Å². The van der Waals surface area contributed by atoms with Crippen molar-refractivity contribution in [3.05, 3.63) is 77.2 Å². The first-order valence-electron chi connectivity index (χ1n) is 14.9. The van der Waals surface area contributed by atoms with Gasteiger partial charge in [-0.05, 0) is 62.3 Å². The van der Waals surface area contributed by atoms with Gasteiger partial charge in [-0.25, -0.2) is 4.39 Å². The second-order valence-electron chi connectivity index (χ2n) is 11.5. The van der Waals surface area contributed by atoms with Gasteiger partial charge in [-0.2, -0.15) is 0 Å². The summed E-state index contributed by atoms with van der Waals surface area (Å²) in [5, 5.41) is 12.9. The van der Waals surface area contributed by atoms with Crippen molar-refractivity contribution in [2.24, 2.45) is 13.0 Å². The molecule has 1 unspecified atom stereocenters. The number of para-hydroxylation sites is 1. The van der Waals surface area contributed by atoms with Crippen LogP contribution in [0.15, 0.2) is 55.3 Å². The van der Waals surface area contributed by atoms with Gasteiger partial charge >= 0.3 is 5.97 Å². The van der Waals surface area contributed by atoms with Crippen molar-refractivity contribution < 1.29 is 33.4 Å². The van der Waals surface area contributed by atoms with Crippen LogP contribution >= 0.6 is 11.6 Å². The van der Waals surface area contributed by atoms with E-state index in [2.05, 4.69) is 11.9 Å². The third kappa shape index (κ3) is 6.98. The Bertz CT molecular complexity index is 1550. The van der Waals surface area contributed by atoms with E-state index in [1.54, 1.807) is 17.2 Å². The van der Waals surface area contributed by atoms with Crippen molar-refractivity contribution in [1.29, 1.82) is 0 Å². The zero-order valence-electron chi connectivity index (χ0n) is 24.6. The normalized spacial score (nSPS) is 20.9. The Labute approximate surface area is 260 Å². The molecule has 2 fully saturated rings. The number of anilines is 1. The van der Waals surface area contributed by atoms with Gasteiger partial charge in [0.05, 0.1) is 47.4 Å². The van der Waals surface area contributed by atoms with E-state index in [1.807, 2.05) is 35.9 Å². The van der Waals surface area contributed by atoms with Crippen LogP contribution in [0.2, 0.25) is 5.02 Å². The van der Waals surface area contributed by atoms with Crippen molar-refractivity contribution in [2.75, 3.05) is 18.5 Å². The van der Waals surface area contributed by atoms with Gasteiger partial charge in [-0.3, -0.25) is 14.4 Å². The molecule has 0 spiro atoms. The molecule has 2 amide bonds. The molecule has 44 heavy (non-hydrogen) atoms. The number of hydrogen-bond donors (Lipinski definition) is 2. The number of carbonyl (C=O) groups excluding carboxylic acids is 2. The van der Waals surface area contributed by atoms with E-state index in [1.165, 1.54) is 6.07 Å². The van der Waals surface area contributed by atoms with Gasteiger partial charge in [0, 0.05) is 30.7 Å². The number of nitrogens with zero attached hydrogens (tertiary/aromatic N) is 2. The number of fused-ring (bicyclic) bond motifs is 1. The van der Waals surface area contributed by atoms with Crippen molar-refractivity contribution in [2.45, 2.75) is 63.4 Å². The molecule has 2 N–H and O–H groups in total. The molecule has 2 aromatic carbocycles. The van der Waals surface area contributed by atoms with Gasteiger partial charge in [0.2, 0.25) is 5.91 Å². The minimum absolute atomic E-state index is 0.112. The molecule has 1 saturated heterocycles. The molecule has 2 heterocycles. The second-order valence-corrected chi connectivity index (χ2v) is 11.9. The lowest BCUT2D eigenvalue weighted by Crippen LogP contribution is -2.47. The summed E-state index contributed by atoms with van der Waals surface area (Å²) < 4.78 is 29.4. The zero-order chi connectivity index (χ0) is 31.4. The largest absolute Gasteiger partial charge is 0.481 e. The summed E-state index contributed by atoms with van der Waals surface area (Å²) in [7, 11) is 1.84. The fourth-order valence-corrected chi connectivity index (χ4v) is 6.45. The van der Waals surface area contributed by atoms with Crippen LogP contribution in [0.25, 0.3) is 10.9 Å². The van der Waals surface area contributed by atoms with Gasteiger partial charge in [-0.15, -0.1) is 6.58 Å². The molecule has 1 aromatic heterocycles. The standard InChI is InChI=1S/C33H37ClFN3O6/c1-3-15-43-33(44-22-12-10-20(11-13-22)32(41)42)29-9-6-14-38(29)30(39)17-21-16-25(34)27(18-26(21)35)36-31(40)24-19-37(2)28-8-5-4-7-23(24)28/h3-5,7-8,16,18-20,22,29,33H,1,6,9-15,17H2,2H3,(H,36,40)(H,41,42)/t20-,22-,29-,33?/m0/s1. The van der Waals surface area contributed by atoms with Crippen molar-refractivity contribution in [3.63, 3.8) is 0 Å². The molecule has 5 rings (SSSR count). The van der Waals surface area contributed by atoms with E-state index >= 15 is 4.39 Å². The van der Waals surface area contributed by atoms with Crippen LogP contribution in [0.4, 0.5) is 10.1 Å². The quantitative estimate of drug-likeness (QED) is 0.201. The van der Waals surface area contributed by atoms with E-state index < -0.39 is 24.0 Å². The Kier molecular flexibility index (Phi) is 10.0. The predicted octanol–water partition coefficient (Wildman–Crippen LogP) is 5.95. The van der Waals surface area contributed by atoms with E-state index in [0.717, 1.165) is 23.4 Å². The van der Waals surface area contributed by atoms with Crippen LogP contribution in [0.3, 0.4) is 0 Å². The maximum atomic E-state index is 15.3. The smallest absolute Gasteiger partial charge is 0.306 e. The summed E-state index contributed by atoms with van der Waals surface area (Å²) in [4.78, 5) is 39.6. The molecule has 0 bridgehead atoms. The Morgan fingerprint density at radius 2 is 1.93 bits per heavy atom. The lowest BCUT2D eigenvalue weighted by molar-refractivity contribution is -0.201. The maximum absolute atomic E-state index is 15.3. The molecule has 0 radical (unpaired) electrons. The molecule has 9 nitrogen and oxygen atoms in total. The van der Waals surface area contributed by atoms with E-state index in [9.17, 15) is 19.5 Å². The number of nitrogens with one attached hydrogen (secondary N) is 1. The molecular weight excluding hydrogens is 589 g/mol. The third-order valence-corrected chi connectivity index (χ3v) is 8.84. The molecule has 3 aromatic rings. The number of hydrogen-bond acceptors (Lipinski definition) is 5.